The van der Waals surface area contributed by atoms with E-state index in [1.807, 2.05) is 24.8 Å². The second-order valence-corrected chi connectivity index (χ2v) is 16.6. The third-order valence-corrected chi connectivity index (χ3v) is 9.73. The number of hydrogen-bond donors (Lipinski definition) is 2. The molecule has 1 aromatic heterocycles. The van der Waals surface area contributed by atoms with Crippen molar-refractivity contribution in [3.63, 3.8) is 0 Å². The molecule has 0 saturated heterocycles. The van der Waals surface area contributed by atoms with Gasteiger partial charge in [0, 0.05) is 0 Å². The number of H-pyrrole nitrogens is 1. The van der Waals surface area contributed by atoms with Gasteiger partial charge in [-0.15, -0.1) is 0 Å². The van der Waals surface area contributed by atoms with Crippen molar-refractivity contribution < 1.29 is 27.3 Å². The Kier molecular flexibility index (Phi) is 7.24. The van der Waals surface area contributed by atoms with Gasteiger partial charge in [-0.2, -0.15) is 0 Å². The monoisotopic (exact) mass is 529 g/mol. The van der Waals surface area contributed by atoms with Crippen LogP contribution in [0.1, 0.15) is 36.2 Å². The first-order valence-corrected chi connectivity index (χ1v) is 15.7. The van der Waals surface area contributed by atoms with Gasteiger partial charge in [0.1, 0.15) is 0 Å². The number of hydrogen-bond acceptors (Lipinski definition) is 4. The van der Waals surface area contributed by atoms with Gasteiger partial charge in [-0.1, -0.05) is 0 Å². The molecule has 0 bridgehead atoms. The Morgan fingerprint density at radius 2 is 1.88 bits per heavy atom. The molecule has 11 heteroatoms. The average molecular weight is 529 g/mol. The Hall–Kier alpha value is -2.06. The molecule has 1 amide bonds. The van der Waals surface area contributed by atoms with E-state index in [2.05, 4.69) is 5.32 Å². The molecule has 1 atom stereocenters. The second-order valence-electron chi connectivity index (χ2n) is 9.09. The quantitative estimate of drug-likeness (QED) is 0.538. The third kappa shape index (κ3) is 6.04. The van der Waals surface area contributed by atoms with E-state index in [-0.39, 0.29) is 41.8 Å². The third-order valence-electron chi connectivity index (χ3n) is 5.53. The predicted molar refractivity (Wildman–Crippen MR) is 117 cm³/mol. The molecule has 1 heterocycles. The van der Waals surface area contributed by atoms with Gasteiger partial charge in [0.2, 0.25) is 0 Å². The SMILES string of the molecule is C[Si](C)(C)c1ccc([As]C(=O)C(NC(=O)c2cc(=O)[nH]o2)C2CCC(F)(F)CC2)cc1F. The Labute approximate surface area is 191 Å². The summed E-state index contributed by atoms with van der Waals surface area (Å²) in [5, 5.41) is 5.23. The normalized spacial score (nSPS) is 18.1. The number of aromatic amines is 1. The van der Waals surface area contributed by atoms with Crippen molar-refractivity contribution in [2.24, 2.45) is 5.92 Å². The molecule has 1 aliphatic rings. The second kappa shape index (κ2) is 9.43. The number of rotatable bonds is 7. The first kappa shape index (κ1) is 24.6. The molecule has 1 unspecified atom stereocenters. The van der Waals surface area contributed by atoms with Crippen molar-refractivity contribution in [3.05, 3.63) is 46.2 Å². The molecule has 1 aliphatic carbocycles. The van der Waals surface area contributed by atoms with Crippen molar-refractivity contribution in [1.29, 1.82) is 0 Å². The number of carbonyl (C=O) groups excluding carboxylic acids is 2. The summed E-state index contributed by atoms with van der Waals surface area (Å²) >= 11 is -1.18. The van der Waals surface area contributed by atoms with Crippen LogP contribution in [0.3, 0.4) is 0 Å². The summed E-state index contributed by atoms with van der Waals surface area (Å²) in [7, 11) is -1.88. The summed E-state index contributed by atoms with van der Waals surface area (Å²) in [6.07, 6.45) is -0.588. The van der Waals surface area contributed by atoms with Crippen LogP contribution in [-0.4, -0.2) is 51.4 Å². The molecule has 173 valence electrons. The van der Waals surface area contributed by atoms with Gasteiger partial charge in [-0.05, 0) is 0 Å². The predicted octanol–water partition coefficient (Wildman–Crippen LogP) is 2.13. The minimum absolute atomic E-state index is 0.0742. The van der Waals surface area contributed by atoms with Gasteiger partial charge in [0.15, 0.2) is 0 Å². The van der Waals surface area contributed by atoms with Crippen LogP contribution < -0.4 is 20.4 Å². The van der Waals surface area contributed by atoms with E-state index in [9.17, 15) is 27.6 Å². The molecule has 0 spiro atoms. The Morgan fingerprint density at radius 1 is 1.22 bits per heavy atom. The zero-order valence-electron chi connectivity index (χ0n) is 18.0. The van der Waals surface area contributed by atoms with E-state index in [0.29, 0.717) is 9.54 Å². The van der Waals surface area contributed by atoms with Crippen molar-refractivity contribution in [3.8, 4) is 0 Å². The number of aromatic nitrogens is 1. The Balaban J connectivity index is 1.80. The van der Waals surface area contributed by atoms with E-state index < -0.39 is 53.2 Å². The minimum atomic E-state index is -2.79. The number of nitrogens with one attached hydrogen (secondary N) is 2. The fraction of sp³-hybridized carbons (Fsp3) is 0.476. The van der Waals surface area contributed by atoms with E-state index >= 15 is 0 Å². The van der Waals surface area contributed by atoms with Gasteiger partial charge in [-0.3, -0.25) is 0 Å². The fourth-order valence-corrected chi connectivity index (χ4v) is 7.22. The van der Waals surface area contributed by atoms with Crippen molar-refractivity contribution in [1.82, 2.24) is 10.5 Å². The Bertz CT molecular complexity index is 1050. The molecule has 32 heavy (non-hydrogen) atoms. The molecule has 1 radical (unpaired) electrons. The molecule has 1 fully saturated rings. The number of carbonyl (C=O) groups is 2. The number of halogens is 3. The van der Waals surface area contributed by atoms with Crippen LogP contribution in [-0.2, 0) is 4.79 Å². The van der Waals surface area contributed by atoms with Crippen LogP contribution in [0.25, 0.3) is 0 Å². The van der Waals surface area contributed by atoms with Crippen molar-refractivity contribution in [2.45, 2.75) is 57.3 Å². The van der Waals surface area contributed by atoms with Crippen LogP contribution in [0, 0.1) is 11.7 Å². The number of amides is 1. The van der Waals surface area contributed by atoms with Gasteiger partial charge in [0.05, 0.1) is 0 Å². The molecule has 3 rings (SSSR count). The molecule has 6 nitrogen and oxygen atoms in total. The number of alkyl halides is 2. The van der Waals surface area contributed by atoms with Crippen LogP contribution >= 0.6 is 0 Å². The molecule has 2 aromatic rings. The molecule has 1 aromatic carbocycles. The average Bonchev–Trinajstić information content (AvgIpc) is 3.12. The molecular formula is C21H25AsF3N2O4Si. The summed E-state index contributed by atoms with van der Waals surface area (Å²) in [6.45, 7) is 6.06. The maximum atomic E-state index is 14.6. The summed E-state index contributed by atoms with van der Waals surface area (Å²) in [4.78, 5) is 36.9. The summed E-state index contributed by atoms with van der Waals surface area (Å²) in [5.41, 5.74) is -0.611. The summed E-state index contributed by atoms with van der Waals surface area (Å²) in [6, 6.07) is 4.74. The maximum absolute atomic E-state index is 14.6. The molecular weight excluding hydrogens is 504 g/mol. The summed E-state index contributed by atoms with van der Waals surface area (Å²) < 4.78 is 46.9. The fourth-order valence-electron chi connectivity index (χ4n) is 3.76. The Morgan fingerprint density at radius 3 is 2.41 bits per heavy atom. The summed E-state index contributed by atoms with van der Waals surface area (Å²) in [5.74, 6) is -4.68. The van der Waals surface area contributed by atoms with E-state index in [1.54, 1.807) is 12.1 Å². The van der Waals surface area contributed by atoms with E-state index in [1.165, 1.54) is 6.07 Å². The number of benzene rings is 1. The van der Waals surface area contributed by atoms with Gasteiger partial charge in [0.25, 0.3) is 0 Å². The van der Waals surface area contributed by atoms with E-state index in [4.69, 9.17) is 4.52 Å². The molecule has 1 saturated carbocycles. The van der Waals surface area contributed by atoms with Crippen molar-refractivity contribution in [2.75, 3.05) is 0 Å². The van der Waals surface area contributed by atoms with Gasteiger partial charge < -0.3 is 0 Å². The standard InChI is InChI=1S/C21H25AsF3N2O4Si/c1-32(2,3)16-5-4-13(10-14(16)23)22-19(29)18(12-6-8-21(24,25)9-7-12)26-20(30)15-11-17(28)27-31-15/h4-5,10-12,18H,6-9H2,1-3H3,(H,26,30)(H,27,28). The van der Waals surface area contributed by atoms with Crippen LogP contribution in [0.15, 0.2) is 33.6 Å². The van der Waals surface area contributed by atoms with Crippen molar-refractivity contribution >= 4 is 43.8 Å². The van der Waals surface area contributed by atoms with Gasteiger partial charge in [-0.25, -0.2) is 0 Å². The zero-order chi connectivity index (χ0) is 23.7. The topological polar surface area (TPSA) is 92.2 Å². The first-order chi connectivity index (χ1) is 14.9. The van der Waals surface area contributed by atoms with Gasteiger partial charge >= 0.3 is 191 Å². The first-order valence-electron chi connectivity index (χ1n) is 10.3. The van der Waals surface area contributed by atoms with Crippen LogP contribution in [0.2, 0.25) is 19.6 Å². The zero-order valence-corrected chi connectivity index (χ0v) is 20.9. The van der Waals surface area contributed by atoms with Crippen LogP contribution in [0.5, 0.6) is 0 Å². The van der Waals surface area contributed by atoms with Crippen LogP contribution in [0.4, 0.5) is 13.2 Å². The molecule has 2 N–H and O–H groups in total. The van der Waals surface area contributed by atoms with E-state index in [0.717, 1.165) is 6.07 Å². The molecule has 0 aliphatic heterocycles.